The Bertz CT molecular complexity index is 556. The third kappa shape index (κ3) is 3.77. The van der Waals surface area contributed by atoms with Crippen LogP contribution >= 0.6 is 0 Å². The van der Waals surface area contributed by atoms with E-state index in [-0.39, 0.29) is 29.3 Å². The molecule has 7 nitrogen and oxygen atoms in total. The number of carbonyl (C=O) groups excluding carboxylic acids is 1. The molecule has 1 atom stereocenters. The molecule has 1 rings (SSSR count). The van der Waals surface area contributed by atoms with Gasteiger partial charge in [0, 0.05) is 6.07 Å². The van der Waals surface area contributed by atoms with Gasteiger partial charge in [-0.3, -0.25) is 14.9 Å². The van der Waals surface area contributed by atoms with Gasteiger partial charge in [0.05, 0.1) is 16.2 Å². The van der Waals surface area contributed by atoms with Gasteiger partial charge in [-0.15, -0.1) is 0 Å². The third-order valence-electron chi connectivity index (χ3n) is 3.18. The highest BCUT2D eigenvalue weighted by molar-refractivity contribution is 5.89. The molecule has 0 heterocycles. The quantitative estimate of drug-likeness (QED) is 0.472. The summed E-state index contributed by atoms with van der Waals surface area (Å²) in [4.78, 5) is 34.2. The fraction of sp³-hybridized carbons (Fsp3) is 0.429. The van der Waals surface area contributed by atoms with Crippen molar-refractivity contribution >= 4 is 23.8 Å². The number of nitro benzene ring substituents is 1. The summed E-state index contributed by atoms with van der Waals surface area (Å²) in [6.07, 6.45) is 0.670. The Morgan fingerprint density at radius 1 is 1.48 bits per heavy atom. The van der Waals surface area contributed by atoms with Gasteiger partial charge in [-0.25, -0.2) is 4.79 Å². The van der Waals surface area contributed by atoms with E-state index in [9.17, 15) is 24.8 Å². The number of carboxylic acid groups (broad SMARTS) is 1. The number of nitrogens with zero attached hydrogens (tertiary/aromatic N) is 2. The molecule has 0 aliphatic rings. The predicted octanol–water partition coefficient (Wildman–Crippen LogP) is 2.37. The number of carboxylic acids is 1. The van der Waals surface area contributed by atoms with Gasteiger partial charge in [0.25, 0.3) is 5.69 Å². The van der Waals surface area contributed by atoms with Crippen LogP contribution in [0.1, 0.15) is 25.8 Å². The summed E-state index contributed by atoms with van der Waals surface area (Å²) < 4.78 is 0. The normalized spacial score (nSPS) is 12.0. The van der Waals surface area contributed by atoms with Crippen LogP contribution in [-0.2, 0) is 9.59 Å². The van der Waals surface area contributed by atoms with Gasteiger partial charge in [-0.05, 0) is 25.3 Å². The van der Waals surface area contributed by atoms with Crippen molar-refractivity contribution in [1.29, 1.82) is 0 Å². The van der Waals surface area contributed by atoms with E-state index in [1.165, 1.54) is 25.1 Å². The monoisotopic (exact) mass is 294 g/mol. The number of aliphatic carboxylic acids is 1. The maximum absolute atomic E-state index is 11.4. The second-order valence-electron chi connectivity index (χ2n) is 5.17. The maximum Gasteiger partial charge on any atom is 0.326 e. The zero-order chi connectivity index (χ0) is 16.2. The van der Waals surface area contributed by atoms with Gasteiger partial charge in [-0.1, -0.05) is 19.9 Å². The molecular weight excluding hydrogens is 276 g/mol. The molecule has 21 heavy (non-hydrogen) atoms. The number of rotatable bonds is 7. The summed E-state index contributed by atoms with van der Waals surface area (Å²) in [5, 5.41) is 20.3. The van der Waals surface area contributed by atoms with Gasteiger partial charge in [-0.2, -0.15) is 0 Å². The van der Waals surface area contributed by atoms with E-state index in [0.29, 0.717) is 6.41 Å². The summed E-state index contributed by atoms with van der Waals surface area (Å²) in [7, 11) is 0. The lowest BCUT2D eigenvalue weighted by Crippen LogP contribution is -2.41. The summed E-state index contributed by atoms with van der Waals surface area (Å²) in [6.45, 7) is 5.19. The summed E-state index contributed by atoms with van der Waals surface area (Å²) >= 11 is 0. The summed E-state index contributed by atoms with van der Waals surface area (Å²) in [6, 6.07) is 3.21. The second kappa shape index (κ2) is 6.83. The highest BCUT2D eigenvalue weighted by Crippen LogP contribution is 2.30. The third-order valence-corrected chi connectivity index (χ3v) is 3.18. The number of nitro groups is 1. The Morgan fingerprint density at radius 2 is 2.10 bits per heavy atom. The van der Waals surface area contributed by atoms with Crippen molar-refractivity contribution in [3.8, 4) is 0 Å². The fourth-order valence-electron chi connectivity index (χ4n) is 2.17. The fourth-order valence-corrected chi connectivity index (χ4v) is 2.17. The zero-order valence-electron chi connectivity index (χ0n) is 12.1. The lowest BCUT2D eigenvalue weighted by molar-refractivity contribution is -0.385. The minimum absolute atomic E-state index is 0.0626. The van der Waals surface area contributed by atoms with Crippen molar-refractivity contribution in [3.05, 3.63) is 33.9 Å². The van der Waals surface area contributed by atoms with Crippen molar-refractivity contribution in [2.45, 2.75) is 33.2 Å². The minimum Gasteiger partial charge on any atom is -0.480 e. The van der Waals surface area contributed by atoms with Crippen LogP contribution in [0.25, 0.3) is 0 Å². The van der Waals surface area contributed by atoms with Crippen LogP contribution in [0.5, 0.6) is 0 Å². The molecule has 1 aromatic rings. The Morgan fingerprint density at radius 3 is 2.52 bits per heavy atom. The van der Waals surface area contributed by atoms with Crippen LogP contribution in [-0.4, -0.2) is 28.5 Å². The molecule has 0 aliphatic heterocycles. The number of amides is 1. The largest absolute Gasteiger partial charge is 0.480 e. The van der Waals surface area contributed by atoms with Gasteiger partial charge in [0.2, 0.25) is 6.41 Å². The Hall–Kier alpha value is -2.44. The van der Waals surface area contributed by atoms with E-state index >= 15 is 0 Å². The predicted molar refractivity (Wildman–Crippen MR) is 77.3 cm³/mol. The number of hydrogen-bond acceptors (Lipinski definition) is 4. The number of carbonyl (C=O) groups is 2. The van der Waals surface area contributed by atoms with Crippen LogP contribution in [0.4, 0.5) is 11.4 Å². The van der Waals surface area contributed by atoms with Crippen LogP contribution < -0.4 is 4.90 Å². The van der Waals surface area contributed by atoms with E-state index in [2.05, 4.69) is 0 Å². The average molecular weight is 294 g/mol. The topological polar surface area (TPSA) is 101 Å². The molecule has 0 saturated heterocycles. The maximum atomic E-state index is 11.4. The SMILES string of the molecule is Cc1c(N(C=O)C(CC(C)C)C(=O)O)cccc1[N+](=O)[O-]. The number of benzene rings is 1. The molecule has 1 N–H and O–H groups in total. The molecular formula is C14H18N2O5. The molecule has 0 saturated carbocycles. The van der Waals surface area contributed by atoms with Gasteiger partial charge in [0.1, 0.15) is 6.04 Å². The molecule has 7 heteroatoms. The molecule has 0 aliphatic carbocycles. The highest BCUT2D eigenvalue weighted by atomic mass is 16.6. The molecule has 0 fully saturated rings. The lowest BCUT2D eigenvalue weighted by Gasteiger charge is -2.27. The first-order valence-electron chi connectivity index (χ1n) is 6.50. The number of hydrogen-bond donors (Lipinski definition) is 1. The lowest BCUT2D eigenvalue weighted by atomic mass is 10.0. The van der Waals surface area contributed by atoms with Gasteiger partial charge < -0.3 is 10.0 Å². The van der Waals surface area contributed by atoms with Crippen LogP contribution in [0, 0.1) is 23.0 Å². The van der Waals surface area contributed by atoms with Crippen molar-refractivity contribution in [3.63, 3.8) is 0 Å². The van der Waals surface area contributed by atoms with Crippen LogP contribution in [0.15, 0.2) is 18.2 Å². The molecule has 0 bridgehead atoms. The minimum atomic E-state index is -1.14. The van der Waals surface area contributed by atoms with Crippen molar-refractivity contribution < 1.29 is 19.6 Å². The first-order chi connectivity index (χ1) is 9.79. The van der Waals surface area contributed by atoms with E-state index < -0.39 is 16.9 Å². The molecule has 0 radical (unpaired) electrons. The molecule has 1 amide bonds. The van der Waals surface area contributed by atoms with E-state index in [1.54, 1.807) is 0 Å². The van der Waals surface area contributed by atoms with Crippen molar-refractivity contribution in [1.82, 2.24) is 0 Å². The van der Waals surface area contributed by atoms with Crippen molar-refractivity contribution in [2.75, 3.05) is 4.90 Å². The first-order valence-corrected chi connectivity index (χ1v) is 6.50. The molecule has 114 valence electrons. The Kier molecular flexibility index (Phi) is 5.40. The van der Waals surface area contributed by atoms with E-state index in [4.69, 9.17) is 0 Å². The number of anilines is 1. The Labute approximate surface area is 122 Å². The molecule has 0 aromatic heterocycles. The summed E-state index contributed by atoms with van der Waals surface area (Å²) in [5.74, 6) is -1.07. The summed E-state index contributed by atoms with van der Waals surface area (Å²) in [5.41, 5.74) is 0.366. The van der Waals surface area contributed by atoms with Gasteiger partial charge in [0.15, 0.2) is 0 Å². The molecule has 0 spiro atoms. The van der Waals surface area contributed by atoms with Gasteiger partial charge >= 0.3 is 5.97 Å². The Balaban J connectivity index is 3.32. The highest BCUT2D eigenvalue weighted by Gasteiger charge is 2.29. The zero-order valence-corrected chi connectivity index (χ0v) is 12.1. The molecule has 1 aromatic carbocycles. The van der Waals surface area contributed by atoms with E-state index in [0.717, 1.165) is 4.90 Å². The van der Waals surface area contributed by atoms with Crippen LogP contribution in [0.3, 0.4) is 0 Å². The molecule has 1 unspecified atom stereocenters. The first kappa shape index (κ1) is 16.6. The average Bonchev–Trinajstić information content (AvgIpc) is 2.39. The second-order valence-corrected chi connectivity index (χ2v) is 5.17. The van der Waals surface area contributed by atoms with Crippen molar-refractivity contribution in [2.24, 2.45) is 5.92 Å². The van der Waals surface area contributed by atoms with Crippen LogP contribution in [0.2, 0.25) is 0 Å². The smallest absolute Gasteiger partial charge is 0.326 e. The standard InChI is InChI=1S/C14H18N2O5/c1-9(2)7-13(14(18)19)15(8-17)11-5-4-6-12(10(11)3)16(20)21/h4-6,8-9,13H,7H2,1-3H3,(H,18,19). The van der Waals surface area contributed by atoms with E-state index in [1.807, 2.05) is 13.8 Å².